The molecule has 2 aromatic rings. The van der Waals surface area contributed by atoms with Crippen molar-refractivity contribution in [2.24, 2.45) is 0 Å². The van der Waals surface area contributed by atoms with Gasteiger partial charge in [0, 0.05) is 13.1 Å². The molecule has 3 N–H and O–H groups in total. The second kappa shape index (κ2) is 6.27. The first kappa shape index (κ1) is 13.5. The van der Waals surface area contributed by atoms with Crippen LogP contribution in [0.25, 0.3) is 0 Å². The monoisotopic (exact) mass is 258 g/mol. The summed E-state index contributed by atoms with van der Waals surface area (Å²) in [6, 6.07) is 10.4. The van der Waals surface area contributed by atoms with Crippen LogP contribution in [0, 0.1) is 6.92 Å². The molecule has 0 saturated carbocycles. The predicted octanol–water partition coefficient (Wildman–Crippen LogP) is 2.84. The van der Waals surface area contributed by atoms with Crippen molar-refractivity contribution in [3.63, 3.8) is 0 Å². The first-order valence-corrected chi connectivity index (χ1v) is 6.83. The second-order valence-electron chi connectivity index (χ2n) is 4.73. The maximum absolute atomic E-state index is 6.07. The van der Waals surface area contributed by atoms with Crippen molar-refractivity contribution in [1.29, 1.82) is 0 Å². The van der Waals surface area contributed by atoms with Crippen LogP contribution in [-0.2, 0) is 13.0 Å². The summed E-state index contributed by atoms with van der Waals surface area (Å²) in [6.45, 7) is 5.85. The third kappa shape index (κ3) is 3.28. The molecular weight excluding hydrogens is 236 g/mol. The number of nitrogens with zero attached hydrogens (tertiary/aromatic N) is 2. The van der Waals surface area contributed by atoms with Crippen LogP contribution in [0.4, 0.5) is 11.5 Å². The van der Waals surface area contributed by atoms with Gasteiger partial charge < -0.3 is 11.1 Å². The molecule has 0 unspecified atom stereocenters. The van der Waals surface area contributed by atoms with Crippen molar-refractivity contribution in [1.82, 2.24) is 9.78 Å². The highest BCUT2D eigenvalue weighted by atomic mass is 15.3. The highest BCUT2D eigenvalue weighted by Crippen LogP contribution is 2.22. The van der Waals surface area contributed by atoms with E-state index in [4.69, 9.17) is 5.73 Å². The number of hydrogen-bond donors (Lipinski definition) is 2. The molecule has 102 valence electrons. The van der Waals surface area contributed by atoms with Gasteiger partial charge in [-0.15, -0.1) is 0 Å². The lowest BCUT2D eigenvalue weighted by Gasteiger charge is -2.10. The minimum absolute atomic E-state index is 0.765. The zero-order chi connectivity index (χ0) is 13.7. The summed E-state index contributed by atoms with van der Waals surface area (Å²) in [6.07, 6.45) is 2.03. The number of nitrogens with two attached hydrogens (primary N) is 1. The van der Waals surface area contributed by atoms with E-state index in [-0.39, 0.29) is 0 Å². The lowest BCUT2D eigenvalue weighted by molar-refractivity contribution is 0.603. The topological polar surface area (TPSA) is 55.9 Å². The fourth-order valence-corrected chi connectivity index (χ4v) is 2.13. The highest BCUT2D eigenvalue weighted by molar-refractivity contribution is 5.64. The standard InChI is InChI=1S/C15H22N4/c1-3-11-19-15(14(16)12(2)18-19)17-10-9-13-7-5-4-6-8-13/h4-8,17H,3,9-11,16H2,1-2H3. The molecule has 2 rings (SSSR count). The van der Waals surface area contributed by atoms with Crippen LogP contribution in [0.3, 0.4) is 0 Å². The minimum Gasteiger partial charge on any atom is -0.394 e. The highest BCUT2D eigenvalue weighted by Gasteiger charge is 2.11. The Morgan fingerprint density at radius 3 is 2.68 bits per heavy atom. The molecule has 1 heterocycles. The molecule has 0 saturated heterocycles. The molecule has 0 bridgehead atoms. The van der Waals surface area contributed by atoms with Crippen molar-refractivity contribution in [3.05, 3.63) is 41.6 Å². The van der Waals surface area contributed by atoms with E-state index in [1.54, 1.807) is 0 Å². The number of nitrogen functional groups attached to an aromatic ring is 1. The molecule has 19 heavy (non-hydrogen) atoms. The van der Waals surface area contributed by atoms with Crippen LogP contribution in [-0.4, -0.2) is 16.3 Å². The van der Waals surface area contributed by atoms with Crippen LogP contribution >= 0.6 is 0 Å². The van der Waals surface area contributed by atoms with Gasteiger partial charge in [0.15, 0.2) is 0 Å². The number of hydrogen-bond acceptors (Lipinski definition) is 3. The summed E-state index contributed by atoms with van der Waals surface area (Å²) in [5.41, 5.74) is 9.06. The molecule has 0 aliphatic heterocycles. The molecule has 0 amide bonds. The van der Waals surface area contributed by atoms with Gasteiger partial charge >= 0.3 is 0 Å². The van der Waals surface area contributed by atoms with E-state index in [0.29, 0.717) is 0 Å². The fourth-order valence-electron chi connectivity index (χ4n) is 2.13. The van der Waals surface area contributed by atoms with Crippen LogP contribution in [0.1, 0.15) is 24.6 Å². The van der Waals surface area contributed by atoms with Gasteiger partial charge in [-0.1, -0.05) is 37.3 Å². The van der Waals surface area contributed by atoms with Crippen LogP contribution in [0.15, 0.2) is 30.3 Å². The molecule has 0 aliphatic rings. The van der Waals surface area contributed by atoms with Crippen LogP contribution in [0.2, 0.25) is 0 Å². The largest absolute Gasteiger partial charge is 0.394 e. The predicted molar refractivity (Wildman–Crippen MR) is 80.3 cm³/mol. The van der Waals surface area contributed by atoms with E-state index in [2.05, 4.69) is 41.6 Å². The fraction of sp³-hybridized carbons (Fsp3) is 0.400. The summed E-state index contributed by atoms with van der Waals surface area (Å²) in [4.78, 5) is 0. The molecule has 4 heteroatoms. The van der Waals surface area contributed by atoms with Crippen molar-refractivity contribution < 1.29 is 0 Å². The molecule has 1 aromatic heterocycles. The molecule has 0 fully saturated rings. The van der Waals surface area contributed by atoms with E-state index < -0.39 is 0 Å². The summed E-state index contributed by atoms with van der Waals surface area (Å²) >= 11 is 0. The molecule has 0 atom stereocenters. The summed E-state index contributed by atoms with van der Waals surface area (Å²) in [7, 11) is 0. The van der Waals surface area contributed by atoms with Gasteiger partial charge in [0.25, 0.3) is 0 Å². The molecule has 4 nitrogen and oxygen atoms in total. The Bertz CT molecular complexity index is 516. The first-order chi connectivity index (χ1) is 9.22. The number of nitrogens with one attached hydrogen (secondary N) is 1. The number of benzene rings is 1. The SMILES string of the molecule is CCCn1nc(C)c(N)c1NCCc1ccccc1. The summed E-state index contributed by atoms with van der Waals surface area (Å²) in [5.74, 6) is 0.954. The van der Waals surface area contributed by atoms with Gasteiger partial charge in [-0.25, -0.2) is 4.68 Å². The van der Waals surface area contributed by atoms with E-state index in [1.165, 1.54) is 5.56 Å². The maximum atomic E-state index is 6.07. The van der Waals surface area contributed by atoms with Gasteiger partial charge in [-0.3, -0.25) is 0 Å². The molecule has 0 radical (unpaired) electrons. The summed E-state index contributed by atoms with van der Waals surface area (Å²) < 4.78 is 1.97. The van der Waals surface area contributed by atoms with E-state index >= 15 is 0 Å². The Morgan fingerprint density at radius 2 is 2.00 bits per heavy atom. The number of anilines is 2. The van der Waals surface area contributed by atoms with Crippen molar-refractivity contribution in [2.75, 3.05) is 17.6 Å². The quantitative estimate of drug-likeness (QED) is 0.837. The third-order valence-electron chi connectivity index (χ3n) is 3.16. The number of aryl methyl sites for hydroxylation is 2. The van der Waals surface area contributed by atoms with Gasteiger partial charge in [0.1, 0.15) is 5.82 Å². The van der Waals surface area contributed by atoms with E-state index in [1.807, 2.05) is 17.7 Å². The zero-order valence-electron chi connectivity index (χ0n) is 11.7. The zero-order valence-corrected chi connectivity index (χ0v) is 11.7. The van der Waals surface area contributed by atoms with Gasteiger partial charge in [-0.2, -0.15) is 5.10 Å². The normalized spacial score (nSPS) is 10.6. The average Bonchev–Trinajstić information content (AvgIpc) is 2.68. The number of rotatable bonds is 6. The second-order valence-corrected chi connectivity index (χ2v) is 4.73. The third-order valence-corrected chi connectivity index (χ3v) is 3.16. The Morgan fingerprint density at radius 1 is 1.26 bits per heavy atom. The van der Waals surface area contributed by atoms with E-state index in [9.17, 15) is 0 Å². The van der Waals surface area contributed by atoms with Gasteiger partial charge in [0.05, 0.1) is 11.4 Å². The first-order valence-electron chi connectivity index (χ1n) is 6.83. The average molecular weight is 258 g/mol. The Labute approximate surface area is 114 Å². The molecular formula is C15H22N4. The summed E-state index contributed by atoms with van der Waals surface area (Å²) in [5, 5.41) is 7.87. The van der Waals surface area contributed by atoms with Crippen molar-refractivity contribution in [3.8, 4) is 0 Å². The minimum atomic E-state index is 0.765. The van der Waals surface area contributed by atoms with Crippen LogP contribution < -0.4 is 11.1 Å². The maximum Gasteiger partial charge on any atom is 0.148 e. The van der Waals surface area contributed by atoms with Crippen LogP contribution in [0.5, 0.6) is 0 Å². The van der Waals surface area contributed by atoms with Gasteiger partial charge in [0.2, 0.25) is 0 Å². The molecule has 0 aliphatic carbocycles. The Balaban J connectivity index is 1.99. The van der Waals surface area contributed by atoms with Crippen molar-refractivity contribution in [2.45, 2.75) is 33.2 Å². The Kier molecular flexibility index (Phi) is 4.44. The number of aromatic nitrogens is 2. The van der Waals surface area contributed by atoms with E-state index in [0.717, 1.165) is 43.1 Å². The molecule has 1 aromatic carbocycles. The Hall–Kier alpha value is -1.97. The lowest BCUT2D eigenvalue weighted by atomic mass is 10.1. The lowest BCUT2D eigenvalue weighted by Crippen LogP contribution is -2.12. The smallest absolute Gasteiger partial charge is 0.148 e. The van der Waals surface area contributed by atoms with Gasteiger partial charge in [-0.05, 0) is 25.3 Å². The van der Waals surface area contributed by atoms with Crippen molar-refractivity contribution >= 4 is 11.5 Å². The molecule has 0 spiro atoms.